The Balaban J connectivity index is -0.000000391. The summed E-state index contributed by atoms with van der Waals surface area (Å²) >= 11 is 5.76. The van der Waals surface area contributed by atoms with Crippen LogP contribution in [0.25, 0.3) is 0 Å². The lowest BCUT2D eigenvalue weighted by Crippen LogP contribution is -1.73. The van der Waals surface area contributed by atoms with Crippen LogP contribution in [0.3, 0.4) is 0 Å². The van der Waals surface area contributed by atoms with Crippen LogP contribution in [0, 0.1) is 0 Å². The van der Waals surface area contributed by atoms with Crippen molar-refractivity contribution in [2.45, 2.75) is 54.7 Å². The van der Waals surface area contributed by atoms with Crippen molar-refractivity contribution in [2.75, 3.05) is 17.3 Å². The van der Waals surface area contributed by atoms with Gasteiger partial charge in [-0.05, 0) is 72.9 Å². The minimum Gasteiger partial charge on any atom is -0.269 e. The molecule has 33 heavy (non-hydrogen) atoms. The van der Waals surface area contributed by atoms with E-state index in [0.29, 0.717) is 0 Å². The number of thioether (sulfide) groups is 3. The van der Waals surface area contributed by atoms with Crippen molar-refractivity contribution in [1.29, 1.82) is 0 Å². The molecule has 186 valence electrons. The van der Waals surface area contributed by atoms with Crippen molar-refractivity contribution in [3.8, 4) is 0 Å². The zero-order chi connectivity index (χ0) is 21.7. The van der Waals surface area contributed by atoms with E-state index in [1.54, 1.807) is 0 Å². The van der Waals surface area contributed by atoms with E-state index in [1.807, 2.05) is 35.3 Å². The van der Waals surface area contributed by atoms with Crippen molar-refractivity contribution in [3.63, 3.8) is 0 Å². The molecular weight excluding hydrogens is 477 g/mol. The van der Waals surface area contributed by atoms with Crippen molar-refractivity contribution in [2.24, 2.45) is 0 Å². The quantitative estimate of drug-likeness (QED) is 0.260. The molecule has 0 radical (unpaired) electrons. The highest BCUT2D eigenvalue weighted by Crippen LogP contribution is 2.18. The first kappa shape index (κ1) is 36.1. The second kappa shape index (κ2) is 26.7. The Kier molecular flexibility index (Phi) is 29.2. The molecule has 0 saturated heterocycles. The van der Waals surface area contributed by atoms with Gasteiger partial charge >= 0.3 is 0 Å². The molecule has 3 rings (SSSR count). The van der Waals surface area contributed by atoms with Crippen molar-refractivity contribution in [1.82, 2.24) is 0 Å². The summed E-state index contributed by atoms with van der Waals surface area (Å²) in [6, 6.07) is 31.6. The predicted octanol–water partition coefficient (Wildman–Crippen LogP) is 10.0. The molecule has 0 nitrogen and oxygen atoms in total. The number of hydrogen-bond acceptors (Lipinski definition) is 3. The summed E-state index contributed by atoms with van der Waals surface area (Å²) in [6.45, 7) is 6.61. The maximum atomic E-state index is 2.20. The molecule has 0 atom stereocenters. The highest BCUT2D eigenvalue weighted by Gasteiger charge is 1.89. The Morgan fingerprint density at radius 1 is 0.394 bits per heavy atom. The molecule has 0 N–H and O–H groups in total. The van der Waals surface area contributed by atoms with Gasteiger partial charge in [-0.15, -0.1) is 35.3 Å². The Morgan fingerprint density at radius 3 is 0.788 bits per heavy atom. The summed E-state index contributed by atoms with van der Waals surface area (Å²) in [4.78, 5) is 4.14. The molecule has 0 fully saturated rings. The molecule has 0 aliphatic heterocycles. The summed E-state index contributed by atoms with van der Waals surface area (Å²) in [7, 11) is 0. The van der Waals surface area contributed by atoms with E-state index >= 15 is 0 Å². The second-order valence-corrected chi connectivity index (χ2v) is 9.99. The molecule has 6 heteroatoms. The first-order valence-electron chi connectivity index (χ1n) is 10.8. The summed E-state index contributed by atoms with van der Waals surface area (Å²) in [6.07, 6.45) is 3.75. The highest BCUT2D eigenvalue weighted by atomic mass is 32.2. The molecule has 0 unspecified atom stereocenters. The van der Waals surface area contributed by atoms with Gasteiger partial charge in [0.1, 0.15) is 0 Å². The van der Waals surface area contributed by atoms with Crippen LogP contribution in [0.15, 0.2) is 106 Å². The normalized spacial score (nSPS) is 8.82. The zero-order valence-electron chi connectivity index (χ0n) is 19.9. The lowest BCUT2D eigenvalue weighted by atomic mass is 10.4. The van der Waals surface area contributed by atoms with Crippen molar-refractivity contribution in [3.05, 3.63) is 91.0 Å². The molecule has 0 spiro atoms. The Hall–Kier alpha value is -1.50. The predicted molar refractivity (Wildman–Crippen MR) is 150 cm³/mol. The van der Waals surface area contributed by atoms with Gasteiger partial charge in [-0.1, -0.05) is 75.4 Å². The zero-order valence-corrected chi connectivity index (χ0v) is 22.3. The smallest absolute Gasteiger partial charge is 0.00719 e. The van der Waals surface area contributed by atoms with Gasteiger partial charge in [0.05, 0.1) is 0 Å². The summed E-state index contributed by atoms with van der Waals surface area (Å²) in [5.74, 6) is 3.68. The molecule has 0 aliphatic carbocycles. The van der Waals surface area contributed by atoms with Gasteiger partial charge in [-0.2, -0.15) is 0 Å². The van der Waals surface area contributed by atoms with Gasteiger partial charge < -0.3 is 0 Å². The van der Waals surface area contributed by atoms with Gasteiger partial charge in [0.25, 0.3) is 0 Å². The van der Waals surface area contributed by atoms with Crippen molar-refractivity contribution < 1.29 is 14.1 Å². The average molecular weight is 517 g/mol. The lowest BCUT2D eigenvalue weighted by molar-refractivity contribution is 1.10. The maximum absolute atomic E-state index is 2.20. The second-order valence-electron chi connectivity index (χ2n) is 6.48. The summed E-state index contributed by atoms with van der Waals surface area (Å²) in [5.41, 5.74) is 0. The monoisotopic (exact) mass is 516 g/mol. The van der Waals surface area contributed by atoms with Crippen molar-refractivity contribution >= 4 is 35.3 Å². The van der Waals surface area contributed by atoms with Crippen LogP contribution in [-0.4, -0.2) is 17.3 Å². The topological polar surface area (TPSA) is 0 Å². The fourth-order valence-electron chi connectivity index (χ4n) is 2.21. The molecule has 0 heterocycles. The Labute approximate surface area is 211 Å². The van der Waals surface area contributed by atoms with Crippen LogP contribution in [0.2, 0.25) is 0 Å². The van der Waals surface area contributed by atoms with Gasteiger partial charge in [0, 0.05) is 14.7 Å². The summed E-state index contributed by atoms with van der Waals surface area (Å²) in [5, 5.41) is 0. The first-order chi connectivity index (χ1) is 14.8. The minimum atomic E-state index is 0. The molecule has 3 aromatic rings. The molecule has 0 bridgehead atoms. The third-order valence-electron chi connectivity index (χ3n) is 3.65. The van der Waals surface area contributed by atoms with E-state index in [4.69, 9.17) is 0 Å². The van der Waals surface area contributed by atoms with Crippen LogP contribution < -0.4 is 0 Å². The SMILES string of the molecule is CCCSc1ccccc1.CCCSc1ccccc1.CCCSc1ccccc1.F.F.F. The van der Waals surface area contributed by atoms with Crippen LogP contribution in [0.5, 0.6) is 0 Å². The van der Waals surface area contributed by atoms with E-state index in [2.05, 4.69) is 112 Å². The molecule has 0 aromatic heterocycles. The molecule has 0 aliphatic rings. The number of hydrogen-bond donors (Lipinski definition) is 0. The number of rotatable bonds is 9. The number of benzene rings is 3. The van der Waals surface area contributed by atoms with E-state index < -0.39 is 0 Å². The Morgan fingerprint density at radius 2 is 0.606 bits per heavy atom. The largest absolute Gasteiger partial charge is 0.269 e. The van der Waals surface area contributed by atoms with E-state index in [-0.39, 0.29) is 14.1 Å². The molecule has 0 amide bonds. The number of halogens is 3. The van der Waals surface area contributed by atoms with Crippen LogP contribution in [0.1, 0.15) is 40.0 Å². The lowest BCUT2D eigenvalue weighted by Gasteiger charge is -1.96. The third kappa shape index (κ3) is 20.8. The van der Waals surface area contributed by atoms with Crippen LogP contribution >= 0.6 is 35.3 Å². The summed E-state index contributed by atoms with van der Waals surface area (Å²) < 4.78 is 0. The molecular formula is C27H39F3S3. The molecule has 3 aromatic carbocycles. The average Bonchev–Trinajstić information content (AvgIpc) is 2.83. The Bertz CT molecular complexity index is 626. The van der Waals surface area contributed by atoms with Gasteiger partial charge in [-0.25, -0.2) is 0 Å². The van der Waals surface area contributed by atoms with E-state index in [1.165, 1.54) is 51.2 Å². The van der Waals surface area contributed by atoms with Gasteiger partial charge in [-0.3, -0.25) is 14.1 Å². The first-order valence-corrected chi connectivity index (χ1v) is 13.8. The standard InChI is InChI=1S/3C9H12S.3FH/c3*1-2-8-10-9-6-4-3-5-7-9;;;/h3*3-7H,2,8H2,1H3;3*1H. The third-order valence-corrected chi connectivity index (χ3v) is 7.30. The van der Waals surface area contributed by atoms with E-state index in [9.17, 15) is 0 Å². The fraction of sp³-hybridized carbons (Fsp3) is 0.333. The van der Waals surface area contributed by atoms with E-state index in [0.717, 1.165) is 0 Å². The van der Waals surface area contributed by atoms with Gasteiger partial charge in [0.2, 0.25) is 0 Å². The van der Waals surface area contributed by atoms with Crippen LogP contribution in [-0.2, 0) is 0 Å². The fourth-order valence-corrected chi connectivity index (χ4v) is 4.58. The minimum absolute atomic E-state index is 0. The van der Waals surface area contributed by atoms with Gasteiger partial charge in [0.15, 0.2) is 0 Å². The molecule has 0 saturated carbocycles. The maximum Gasteiger partial charge on any atom is 0.00719 e. The highest BCUT2D eigenvalue weighted by molar-refractivity contribution is 7.99. The van der Waals surface area contributed by atoms with Crippen LogP contribution in [0.4, 0.5) is 14.1 Å².